The molecule has 0 aromatic heterocycles. The second kappa shape index (κ2) is 11.1. The van der Waals surface area contributed by atoms with Crippen LogP contribution in [-0.2, 0) is 16.2 Å². The predicted molar refractivity (Wildman–Crippen MR) is 132 cm³/mol. The summed E-state index contributed by atoms with van der Waals surface area (Å²) in [6.07, 6.45) is 3.38. The first kappa shape index (κ1) is 25.1. The highest BCUT2D eigenvalue weighted by molar-refractivity contribution is 8.18. The second-order valence-electron chi connectivity index (χ2n) is 8.00. The molecule has 0 aliphatic carbocycles. The molecule has 4 rings (SSSR count). The highest BCUT2D eigenvalue weighted by Crippen LogP contribution is 2.39. The highest BCUT2D eigenvalue weighted by Gasteiger charge is 2.37. The zero-order chi connectivity index (χ0) is 24.9. The van der Waals surface area contributed by atoms with E-state index in [0.29, 0.717) is 36.6 Å². The molecule has 0 bridgehead atoms. The molecule has 2 saturated heterocycles. The molecule has 0 unspecified atom stereocenters. The van der Waals surface area contributed by atoms with Crippen LogP contribution >= 0.6 is 23.4 Å². The zero-order valence-corrected chi connectivity index (χ0v) is 20.7. The first-order valence-corrected chi connectivity index (χ1v) is 12.4. The average molecular weight is 519 g/mol. The van der Waals surface area contributed by atoms with Crippen LogP contribution in [0.15, 0.2) is 41.3 Å². The molecular weight excluding hydrogens is 495 g/mol. The van der Waals surface area contributed by atoms with Crippen LogP contribution in [0.5, 0.6) is 11.5 Å². The lowest BCUT2D eigenvalue weighted by atomic mass is 10.1. The zero-order valence-electron chi connectivity index (χ0n) is 19.1. The van der Waals surface area contributed by atoms with Crippen molar-refractivity contribution in [1.29, 1.82) is 0 Å². The molecule has 10 heteroatoms. The Hall–Kier alpha value is -3.04. The van der Waals surface area contributed by atoms with Gasteiger partial charge in [0.25, 0.3) is 11.1 Å². The maximum absolute atomic E-state index is 14.0. The number of ether oxygens (including phenoxy) is 2. The Morgan fingerprint density at radius 1 is 1.17 bits per heavy atom. The van der Waals surface area contributed by atoms with E-state index >= 15 is 0 Å². The van der Waals surface area contributed by atoms with E-state index in [0.717, 1.165) is 29.5 Å². The maximum Gasteiger partial charge on any atom is 0.294 e. The minimum absolute atomic E-state index is 0.0459. The molecule has 2 aromatic rings. The van der Waals surface area contributed by atoms with Gasteiger partial charge in [-0.25, -0.2) is 4.39 Å². The third-order valence-electron chi connectivity index (χ3n) is 5.59. The Morgan fingerprint density at radius 3 is 2.63 bits per heavy atom. The van der Waals surface area contributed by atoms with E-state index < -0.39 is 17.0 Å². The summed E-state index contributed by atoms with van der Waals surface area (Å²) in [5.74, 6) is -0.577. The number of likely N-dealkylation sites (tertiary alicyclic amines) is 1. The smallest absolute Gasteiger partial charge is 0.294 e. The summed E-state index contributed by atoms with van der Waals surface area (Å²) in [7, 11) is 0. The molecule has 2 aromatic carbocycles. The van der Waals surface area contributed by atoms with E-state index in [1.54, 1.807) is 42.2 Å². The van der Waals surface area contributed by atoms with Gasteiger partial charge in [0.1, 0.15) is 19.0 Å². The molecule has 2 aliphatic heterocycles. The fraction of sp³-hybridized carbons (Fsp3) is 0.320. The highest BCUT2D eigenvalue weighted by atomic mass is 35.5. The van der Waals surface area contributed by atoms with Crippen molar-refractivity contribution in [3.05, 3.63) is 63.3 Å². The molecular formula is C25H24ClFN2O5S. The number of nitrogens with zero attached hydrogens (tertiary/aromatic N) is 2. The van der Waals surface area contributed by atoms with Gasteiger partial charge in [-0.2, -0.15) is 0 Å². The molecule has 2 aliphatic rings. The van der Waals surface area contributed by atoms with Crippen molar-refractivity contribution < 1.29 is 28.2 Å². The Labute approximate surface area is 211 Å². The maximum atomic E-state index is 14.0. The van der Waals surface area contributed by atoms with Gasteiger partial charge in [0.05, 0.1) is 16.5 Å². The van der Waals surface area contributed by atoms with E-state index in [4.69, 9.17) is 21.1 Å². The Morgan fingerprint density at radius 2 is 1.91 bits per heavy atom. The summed E-state index contributed by atoms with van der Waals surface area (Å²) < 4.78 is 25.4. The summed E-state index contributed by atoms with van der Waals surface area (Å²) in [4.78, 5) is 40.5. The number of carbonyl (C=O) groups is 3. The predicted octanol–water partition coefficient (Wildman–Crippen LogP) is 5.12. The summed E-state index contributed by atoms with van der Waals surface area (Å²) >= 11 is 7.22. The van der Waals surface area contributed by atoms with E-state index in [-0.39, 0.29) is 34.7 Å². The van der Waals surface area contributed by atoms with Gasteiger partial charge >= 0.3 is 0 Å². The number of imide groups is 1. The Balaban J connectivity index is 1.52. The van der Waals surface area contributed by atoms with Crippen molar-refractivity contribution in [3.8, 4) is 11.5 Å². The quantitative estimate of drug-likeness (QED) is 0.452. The van der Waals surface area contributed by atoms with Crippen LogP contribution in [0.1, 0.15) is 30.9 Å². The third-order valence-corrected chi connectivity index (χ3v) is 6.77. The van der Waals surface area contributed by atoms with Gasteiger partial charge in [0, 0.05) is 18.7 Å². The second-order valence-corrected chi connectivity index (χ2v) is 9.40. The Kier molecular flexibility index (Phi) is 7.97. The molecule has 3 amide bonds. The fourth-order valence-electron chi connectivity index (χ4n) is 3.83. The minimum Gasteiger partial charge on any atom is -0.490 e. The van der Waals surface area contributed by atoms with Crippen LogP contribution in [0.25, 0.3) is 6.08 Å². The standard InChI is InChI=1S/C25H24ClFN2O5S/c1-2-33-20-12-16(11-18(26)23(20)34-15-17-7-3-4-8-19(17)27)13-21-24(31)29(25(32)35-21)14-22(30)28-9-5-6-10-28/h3-4,7-8,11-13H,2,5-6,9-10,14-15H2,1H3/b21-13+. The lowest BCUT2D eigenvalue weighted by molar-refractivity contribution is -0.135. The van der Waals surface area contributed by atoms with Crippen molar-refractivity contribution in [1.82, 2.24) is 9.80 Å². The lowest BCUT2D eigenvalue weighted by Gasteiger charge is -2.18. The van der Waals surface area contributed by atoms with Gasteiger partial charge < -0.3 is 14.4 Å². The van der Waals surface area contributed by atoms with Crippen molar-refractivity contribution in [2.45, 2.75) is 26.4 Å². The molecule has 2 fully saturated rings. The van der Waals surface area contributed by atoms with Gasteiger partial charge in [-0.05, 0) is 61.4 Å². The van der Waals surface area contributed by atoms with Crippen molar-refractivity contribution >= 4 is 46.5 Å². The van der Waals surface area contributed by atoms with Gasteiger partial charge in [-0.3, -0.25) is 19.3 Å². The van der Waals surface area contributed by atoms with Gasteiger partial charge in [0.15, 0.2) is 11.5 Å². The molecule has 0 atom stereocenters. The van der Waals surface area contributed by atoms with Gasteiger partial charge in [-0.1, -0.05) is 29.8 Å². The summed E-state index contributed by atoms with van der Waals surface area (Å²) in [6.45, 7) is 3.10. The number of carbonyl (C=O) groups excluding carboxylic acids is 3. The first-order chi connectivity index (χ1) is 16.9. The van der Waals surface area contributed by atoms with E-state index in [1.807, 2.05) is 0 Å². The molecule has 7 nitrogen and oxygen atoms in total. The Bertz CT molecular complexity index is 1180. The lowest BCUT2D eigenvalue weighted by Crippen LogP contribution is -2.40. The normalized spacial score (nSPS) is 16.9. The van der Waals surface area contributed by atoms with E-state index in [9.17, 15) is 18.8 Å². The molecule has 0 radical (unpaired) electrons. The number of hydrogen-bond donors (Lipinski definition) is 0. The summed E-state index contributed by atoms with van der Waals surface area (Å²) in [5.41, 5.74) is 0.889. The molecule has 2 heterocycles. The largest absolute Gasteiger partial charge is 0.490 e. The minimum atomic E-state index is -0.526. The first-order valence-electron chi connectivity index (χ1n) is 11.2. The van der Waals surface area contributed by atoms with Crippen molar-refractivity contribution in [3.63, 3.8) is 0 Å². The van der Waals surface area contributed by atoms with Gasteiger partial charge in [0.2, 0.25) is 5.91 Å². The van der Waals surface area contributed by atoms with Crippen LogP contribution < -0.4 is 9.47 Å². The average Bonchev–Trinajstić information content (AvgIpc) is 3.45. The molecule has 35 heavy (non-hydrogen) atoms. The molecule has 0 saturated carbocycles. The number of amides is 3. The van der Waals surface area contributed by atoms with Crippen LogP contribution in [0, 0.1) is 5.82 Å². The van der Waals surface area contributed by atoms with Crippen molar-refractivity contribution in [2.24, 2.45) is 0 Å². The number of thioether (sulfide) groups is 1. The van der Waals surface area contributed by atoms with Gasteiger partial charge in [-0.15, -0.1) is 0 Å². The topological polar surface area (TPSA) is 76.2 Å². The number of hydrogen-bond acceptors (Lipinski definition) is 6. The number of halogens is 2. The van der Waals surface area contributed by atoms with Crippen LogP contribution in [0.3, 0.4) is 0 Å². The molecule has 0 spiro atoms. The van der Waals surface area contributed by atoms with Crippen LogP contribution in [0.2, 0.25) is 5.02 Å². The van der Waals surface area contributed by atoms with Crippen LogP contribution in [0.4, 0.5) is 9.18 Å². The van der Waals surface area contributed by atoms with Crippen molar-refractivity contribution in [2.75, 3.05) is 26.2 Å². The van der Waals surface area contributed by atoms with Crippen LogP contribution in [-0.4, -0.2) is 53.1 Å². The number of benzene rings is 2. The van der Waals surface area contributed by atoms with E-state index in [1.165, 1.54) is 12.1 Å². The molecule has 0 N–H and O–H groups in total. The monoisotopic (exact) mass is 518 g/mol. The SMILES string of the molecule is CCOc1cc(/C=C2/SC(=O)N(CC(=O)N3CCCC3)C2=O)cc(Cl)c1OCc1ccccc1F. The third kappa shape index (κ3) is 5.79. The summed E-state index contributed by atoms with van der Waals surface area (Å²) in [5, 5.41) is -0.281. The van der Waals surface area contributed by atoms with E-state index in [2.05, 4.69) is 0 Å². The number of rotatable bonds is 8. The molecule has 184 valence electrons. The fourth-order valence-corrected chi connectivity index (χ4v) is 4.94. The summed E-state index contributed by atoms with van der Waals surface area (Å²) in [6, 6.07) is 9.47.